The molecule has 44 heavy (non-hydrogen) atoms. The summed E-state index contributed by atoms with van der Waals surface area (Å²) in [6, 6.07) is -0.185. The first-order chi connectivity index (χ1) is 21.1. The lowest BCUT2D eigenvalue weighted by atomic mass is 9.57. The van der Waals surface area contributed by atoms with Gasteiger partial charge in [-0.25, -0.2) is 9.37 Å². The third-order valence-electron chi connectivity index (χ3n) is 11.1. The molecule has 4 heterocycles. The Morgan fingerprint density at radius 1 is 1.09 bits per heavy atom. The van der Waals surface area contributed by atoms with Crippen LogP contribution in [0.15, 0.2) is 0 Å². The van der Waals surface area contributed by atoms with Crippen molar-refractivity contribution in [1.29, 1.82) is 0 Å². The monoisotopic (exact) mass is 617 g/mol. The summed E-state index contributed by atoms with van der Waals surface area (Å²) in [6.07, 6.45) is 5.32. The molecule has 3 aliphatic heterocycles. The van der Waals surface area contributed by atoms with E-state index in [4.69, 9.17) is 14.2 Å². The van der Waals surface area contributed by atoms with E-state index >= 15 is 4.39 Å². The zero-order valence-corrected chi connectivity index (χ0v) is 26.1. The van der Waals surface area contributed by atoms with Crippen molar-refractivity contribution in [1.82, 2.24) is 20.2 Å². The van der Waals surface area contributed by atoms with Crippen LogP contribution in [0.5, 0.6) is 5.88 Å². The van der Waals surface area contributed by atoms with Crippen molar-refractivity contribution in [3.63, 3.8) is 0 Å². The number of alkyl halides is 1. The van der Waals surface area contributed by atoms with E-state index in [9.17, 15) is 14.0 Å². The summed E-state index contributed by atoms with van der Waals surface area (Å²) < 4.78 is 48.9. The number of likely N-dealkylation sites (N-methyl/N-ethyl adjacent to an activating group) is 1. The molecule has 10 nitrogen and oxygen atoms in total. The maximum absolute atomic E-state index is 16.3. The molecule has 0 bridgehead atoms. The number of rotatable bonds is 6. The van der Waals surface area contributed by atoms with Gasteiger partial charge in [-0.1, -0.05) is 12.8 Å². The normalized spacial score (nSPS) is 35.5. The highest BCUT2D eigenvalue weighted by atomic mass is 19.1. The third kappa shape index (κ3) is 5.04. The molecule has 3 saturated heterocycles. The number of fused-ring (bicyclic) bond motifs is 1. The number of halogens is 2. The van der Waals surface area contributed by atoms with Gasteiger partial charge in [0.2, 0.25) is 17.4 Å². The number of hydrogen-bond donors (Lipinski definition) is 1. The van der Waals surface area contributed by atoms with Crippen molar-refractivity contribution < 1.29 is 32.6 Å². The summed E-state index contributed by atoms with van der Waals surface area (Å²) in [5.41, 5.74) is -0.988. The number of aromatic nitrogens is 2. The molecule has 3 spiro atoms. The van der Waals surface area contributed by atoms with E-state index in [0.717, 1.165) is 25.7 Å². The molecule has 6 atom stereocenters. The van der Waals surface area contributed by atoms with Gasteiger partial charge in [-0.2, -0.15) is 9.37 Å². The van der Waals surface area contributed by atoms with Crippen LogP contribution in [0, 0.1) is 17.2 Å². The number of nitrogens with zero attached hydrogens (tertiary/aromatic N) is 4. The minimum atomic E-state index is -0.989. The van der Waals surface area contributed by atoms with Gasteiger partial charge in [0.1, 0.15) is 12.3 Å². The molecule has 0 amide bonds. The van der Waals surface area contributed by atoms with Crippen LogP contribution in [0.25, 0.3) is 0 Å². The number of carbonyl (C=O) groups is 2. The van der Waals surface area contributed by atoms with Crippen molar-refractivity contribution in [2.45, 2.75) is 114 Å². The molecule has 12 heteroatoms. The summed E-state index contributed by atoms with van der Waals surface area (Å²) in [5.74, 6) is -3.91. The van der Waals surface area contributed by atoms with E-state index in [1.807, 2.05) is 23.8 Å². The molecule has 1 N–H and O–H groups in total. The lowest BCUT2D eigenvalue weighted by Crippen LogP contribution is -2.60. The minimum Gasteiger partial charge on any atom is -0.471 e. The van der Waals surface area contributed by atoms with Gasteiger partial charge in [0, 0.05) is 43.7 Å². The first-order valence-corrected chi connectivity index (χ1v) is 16.5. The second-order valence-electron chi connectivity index (χ2n) is 14.3. The van der Waals surface area contributed by atoms with Gasteiger partial charge in [-0.05, 0) is 65.8 Å². The van der Waals surface area contributed by atoms with Crippen LogP contribution in [0.3, 0.4) is 0 Å². The maximum atomic E-state index is 16.3. The highest BCUT2D eigenvalue weighted by Gasteiger charge is 2.64. The van der Waals surface area contributed by atoms with Crippen LogP contribution in [0.2, 0.25) is 0 Å². The molecule has 1 aromatic rings. The molecule has 6 fully saturated rings. The van der Waals surface area contributed by atoms with Crippen LogP contribution >= 0.6 is 0 Å². The Labute approximate surface area is 257 Å². The van der Waals surface area contributed by atoms with Gasteiger partial charge in [-0.3, -0.25) is 14.5 Å². The molecular formula is C32H45F2N5O5. The zero-order valence-electron chi connectivity index (χ0n) is 26.1. The Bertz CT molecular complexity index is 1300. The quantitative estimate of drug-likeness (QED) is 0.376. The fraction of sp³-hybridized carbons (Fsp3) is 0.812. The molecule has 1 aromatic heterocycles. The molecule has 0 radical (unpaired) electrons. The Morgan fingerprint density at radius 3 is 2.52 bits per heavy atom. The van der Waals surface area contributed by atoms with Gasteiger partial charge < -0.3 is 24.4 Å². The first-order valence-electron chi connectivity index (χ1n) is 16.5. The summed E-state index contributed by atoms with van der Waals surface area (Å²) in [4.78, 5) is 41.3. The van der Waals surface area contributed by atoms with Crippen LogP contribution in [-0.4, -0.2) is 102 Å². The minimum absolute atomic E-state index is 0.0166. The predicted molar refractivity (Wildman–Crippen MR) is 157 cm³/mol. The van der Waals surface area contributed by atoms with E-state index in [2.05, 4.69) is 15.3 Å². The number of anilines is 1. The van der Waals surface area contributed by atoms with E-state index in [1.165, 1.54) is 0 Å². The lowest BCUT2D eigenvalue weighted by molar-refractivity contribution is -0.255. The first kappa shape index (κ1) is 30.4. The zero-order chi connectivity index (χ0) is 30.9. The second-order valence-corrected chi connectivity index (χ2v) is 14.3. The fourth-order valence-electron chi connectivity index (χ4n) is 8.89. The standard InChI is InChI=1S/C32H45F2N5O5/c1-19-16-39(18-30(37-19)11-12-30)28-24(34)29(44-20(2)23-15-21(33)17-38(23)3)36-27(35-28)25(40)22-7-6-9-31(26(22)41)8-4-5-10-32(31)42-13-14-43-32/h19-23,37H,4-18H2,1-3H3/t19-,20-,21+,22?,23-,31-/m0/s1. The van der Waals surface area contributed by atoms with Gasteiger partial charge in [0.05, 0.1) is 24.5 Å². The summed E-state index contributed by atoms with van der Waals surface area (Å²) in [6.45, 7) is 6.00. The second kappa shape index (κ2) is 11.2. The Kier molecular flexibility index (Phi) is 7.74. The SMILES string of the molecule is C[C@H](Oc1nc(C(=O)C2CCC[C@@]3(CCCCC34OCCO4)C2=O)nc(N2C[C@H](C)NC3(CC3)C2)c1F)[C@@H]1C[C@@H](F)CN1C. The molecule has 7 rings (SSSR count). The number of likely N-dealkylation sites (tertiary alicyclic amines) is 1. The number of Topliss-reactive ketones (excluding diaryl/α,β-unsaturated/α-hetero) is 2. The number of ketones is 2. The highest BCUT2D eigenvalue weighted by molar-refractivity contribution is 6.11. The molecule has 3 aliphatic carbocycles. The average Bonchev–Trinajstić information content (AvgIpc) is 3.37. The maximum Gasteiger partial charge on any atom is 0.256 e. The number of piperazine rings is 1. The molecule has 242 valence electrons. The van der Waals surface area contributed by atoms with Gasteiger partial charge in [-0.15, -0.1) is 0 Å². The Balaban J connectivity index is 1.23. The van der Waals surface area contributed by atoms with E-state index in [1.54, 1.807) is 6.92 Å². The van der Waals surface area contributed by atoms with Gasteiger partial charge >= 0.3 is 0 Å². The van der Waals surface area contributed by atoms with Crippen molar-refractivity contribution in [2.24, 2.45) is 11.3 Å². The van der Waals surface area contributed by atoms with Crippen molar-refractivity contribution >= 4 is 17.4 Å². The van der Waals surface area contributed by atoms with Crippen molar-refractivity contribution in [2.75, 3.05) is 44.8 Å². The summed E-state index contributed by atoms with van der Waals surface area (Å²) >= 11 is 0. The Hall–Kier alpha value is -2.28. The van der Waals surface area contributed by atoms with Crippen LogP contribution in [0.1, 0.15) is 88.7 Å². The molecule has 1 unspecified atom stereocenters. The predicted octanol–water partition coefficient (Wildman–Crippen LogP) is 3.61. The largest absolute Gasteiger partial charge is 0.471 e. The van der Waals surface area contributed by atoms with E-state index < -0.39 is 41.0 Å². The molecular weight excluding hydrogens is 572 g/mol. The molecule has 3 saturated carbocycles. The van der Waals surface area contributed by atoms with Crippen LogP contribution < -0.4 is 15.0 Å². The molecule has 0 aromatic carbocycles. The summed E-state index contributed by atoms with van der Waals surface area (Å²) in [7, 11) is 1.82. The third-order valence-corrected chi connectivity index (χ3v) is 11.1. The van der Waals surface area contributed by atoms with E-state index in [-0.39, 0.29) is 53.9 Å². The van der Waals surface area contributed by atoms with Gasteiger partial charge in [0.25, 0.3) is 5.88 Å². The fourth-order valence-corrected chi connectivity index (χ4v) is 8.89. The van der Waals surface area contributed by atoms with Crippen molar-refractivity contribution in [3.05, 3.63) is 11.6 Å². The van der Waals surface area contributed by atoms with Crippen LogP contribution in [0.4, 0.5) is 14.6 Å². The number of ether oxygens (including phenoxy) is 3. The topological polar surface area (TPSA) is 106 Å². The van der Waals surface area contributed by atoms with Crippen LogP contribution in [-0.2, 0) is 14.3 Å². The van der Waals surface area contributed by atoms with E-state index in [0.29, 0.717) is 58.4 Å². The smallest absolute Gasteiger partial charge is 0.256 e. The number of nitrogens with one attached hydrogen (secondary N) is 1. The average molecular weight is 618 g/mol. The number of hydrogen-bond acceptors (Lipinski definition) is 10. The number of carbonyl (C=O) groups excluding carboxylic acids is 2. The highest BCUT2D eigenvalue weighted by Crippen LogP contribution is 2.56. The summed E-state index contributed by atoms with van der Waals surface area (Å²) in [5, 5.41) is 3.62. The van der Waals surface area contributed by atoms with Gasteiger partial charge in [0.15, 0.2) is 17.4 Å². The van der Waals surface area contributed by atoms with Crippen molar-refractivity contribution in [3.8, 4) is 5.88 Å². The lowest BCUT2D eigenvalue weighted by Gasteiger charge is -2.51. The Morgan fingerprint density at radius 2 is 1.82 bits per heavy atom. The molecule has 6 aliphatic rings.